The molecule has 0 aliphatic rings. The van der Waals surface area contributed by atoms with E-state index in [0.29, 0.717) is 50.5 Å². The lowest BCUT2D eigenvalue weighted by atomic mass is 9.94. The Kier molecular flexibility index (Phi) is 9.03. The van der Waals surface area contributed by atoms with Crippen molar-refractivity contribution in [1.29, 1.82) is 0 Å². The van der Waals surface area contributed by atoms with Crippen molar-refractivity contribution in [3.8, 4) is 28.4 Å². The van der Waals surface area contributed by atoms with E-state index < -0.39 is 11.5 Å². The van der Waals surface area contributed by atoms with Crippen LogP contribution in [0.3, 0.4) is 0 Å². The van der Waals surface area contributed by atoms with E-state index in [-0.39, 0.29) is 38.5 Å². The van der Waals surface area contributed by atoms with Crippen molar-refractivity contribution in [2.75, 3.05) is 27.9 Å². The Morgan fingerprint density at radius 2 is 1.65 bits per heavy atom. The molecule has 0 spiro atoms. The summed E-state index contributed by atoms with van der Waals surface area (Å²) < 4.78 is 23.5. The molecule has 2 heterocycles. The van der Waals surface area contributed by atoms with Crippen molar-refractivity contribution >= 4 is 16.7 Å². The van der Waals surface area contributed by atoms with Crippen LogP contribution in [0.5, 0.6) is 17.2 Å². The number of rotatable bonds is 11. The second-order valence-electron chi connectivity index (χ2n) is 9.03. The number of benzene rings is 2. The van der Waals surface area contributed by atoms with E-state index in [1.165, 1.54) is 11.7 Å². The second kappa shape index (κ2) is 12.6. The van der Waals surface area contributed by atoms with Gasteiger partial charge in [0.05, 0.1) is 44.7 Å². The molecule has 0 radical (unpaired) electrons. The van der Waals surface area contributed by atoms with Crippen LogP contribution in [0.2, 0.25) is 0 Å². The molecule has 2 N–H and O–H groups in total. The number of nitrogens with zero attached hydrogens (tertiary/aromatic N) is 2. The molecule has 10 nitrogen and oxygen atoms in total. The molecule has 210 valence electrons. The zero-order chi connectivity index (χ0) is 28.8. The molecule has 0 fully saturated rings. The van der Waals surface area contributed by atoms with E-state index >= 15 is 0 Å². The monoisotopic (exact) mass is 548 g/mol. The van der Waals surface area contributed by atoms with Crippen LogP contribution in [0.4, 0.5) is 0 Å². The van der Waals surface area contributed by atoms with Gasteiger partial charge in [-0.2, -0.15) is 0 Å². The van der Waals surface area contributed by atoms with Crippen LogP contribution in [-0.4, -0.2) is 53.7 Å². The average Bonchev–Trinajstić information content (AvgIpc) is 2.99. The fraction of sp³-hybridized carbons (Fsp3) is 0.300. The van der Waals surface area contributed by atoms with Gasteiger partial charge in [-0.25, -0.2) is 4.79 Å². The van der Waals surface area contributed by atoms with Crippen LogP contribution < -0.4 is 19.8 Å². The largest absolute Gasteiger partial charge is 0.496 e. The Bertz CT molecular complexity index is 1570. The SMILES string of the molecule is COC(=O)c1c(-c2cc(OC)c(C)c(OC)c2)c2ccc(OCc3cccc(CO)n3)cc2c(=O)n1CCCO. The second-order valence-corrected chi connectivity index (χ2v) is 9.03. The molecule has 40 heavy (non-hydrogen) atoms. The standard InChI is InChI=1S/C30H32N2O8/c1-18-25(37-2)13-19(14-26(18)38-3)27-23-10-9-22(40-17-21-8-5-7-20(16-34)31-21)15-24(23)29(35)32(11-6-12-33)28(27)30(36)39-4/h5,7-10,13-15,33-34H,6,11-12,16-17H2,1-4H3. The maximum absolute atomic E-state index is 13.8. The number of hydrogen-bond donors (Lipinski definition) is 2. The predicted molar refractivity (Wildman–Crippen MR) is 149 cm³/mol. The van der Waals surface area contributed by atoms with Gasteiger partial charge in [-0.15, -0.1) is 0 Å². The Labute approximate surface area is 231 Å². The number of pyridine rings is 2. The molecule has 4 rings (SSSR count). The highest BCUT2D eigenvalue weighted by atomic mass is 16.5. The number of methoxy groups -OCH3 is 3. The van der Waals surface area contributed by atoms with Gasteiger partial charge in [0.2, 0.25) is 0 Å². The Hall–Kier alpha value is -4.41. The van der Waals surface area contributed by atoms with E-state index in [9.17, 15) is 19.8 Å². The number of carbonyl (C=O) groups is 1. The Morgan fingerprint density at radius 3 is 2.27 bits per heavy atom. The summed E-state index contributed by atoms with van der Waals surface area (Å²) in [6, 6.07) is 13.9. The average molecular weight is 549 g/mol. The summed E-state index contributed by atoms with van der Waals surface area (Å²) in [5.41, 5.74) is 2.59. The number of aromatic nitrogens is 2. The number of fused-ring (bicyclic) bond motifs is 1. The summed E-state index contributed by atoms with van der Waals surface area (Å²) in [7, 11) is 4.34. The van der Waals surface area contributed by atoms with Gasteiger partial charge >= 0.3 is 5.97 Å². The van der Waals surface area contributed by atoms with Crippen LogP contribution in [0.25, 0.3) is 21.9 Å². The zero-order valence-electron chi connectivity index (χ0n) is 22.9. The van der Waals surface area contributed by atoms with Gasteiger partial charge in [0, 0.05) is 24.3 Å². The van der Waals surface area contributed by atoms with E-state index in [4.69, 9.17) is 18.9 Å². The smallest absolute Gasteiger partial charge is 0.355 e. The molecule has 2 aromatic heterocycles. The molecule has 0 aliphatic heterocycles. The van der Waals surface area contributed by atoms with E-state index in [1.54, 1.807) is 62.8 Å². The number of aliphatic hydroxyl groups is 2. The summed E-state index contributed by atoms with van der Waals surface area (Å²) in [4.78, 5) is 31.3. The molecule has 0 aliphatic carbocycles. The fourth-order valence-corrected chi connectivity index (χ4v) is 4.65. The first-order chi connectivity index (χ1) is 19.4. The molecular formula is C30H32N2O8. The molecule has 4 aromatic rings. The van der Waals surface area contributed by atoms with Gasteiger partial charge in [-0.3, -0.25) is 9.78 Å². The first-order valence-corrected chi connectivity index (χ1v) is 12.7. The number of esters is 1. The van der Waals surface area contributed by atoms with Crippen LogP contribution in [-0.2, 0) is 24.5 Å². The van der Waals surface area contributed by atoms with Crippen molar-refractivity contribution in [3.05, 3.63) is 81.5 Å². The molecule has 0 saturated heterocycles. The molecule has 0 unspecified atom stereocenters. The van der Waals surface area contributed by atoms with Crippen molar-refractivity contribution in [2.24, 2.45) is 0 Å². The summed E-state index contributed by atoms with van der Waals surface area (Å²) in [6.45, 7) is 1.72. The molecule has 0 bridgehead atoms. The fourth-order valence-electron chi connectivity index (χ4n) is 4.65. The highest BCUT2D eigenvalue weighted by Crippen LogP contribution is 2.39. The van der Waals surface area contributed by atoms with Crippen molar-refractivity contribution in [3.63, 3.8) is 0 Å². The van der Waals surface area contributed by atoms with Gasteiger partial charge in [0.15, 0.2) is 0 Å². The number of carbonyl (C=O) groups excluding carboxylic acids is 1. The number of hydrogen-bond acceptors (Lipinski definition) is 9. The number of ether oxygens (including phenoxy) is 4. The maximum Gasteiger partial charge on any atom is 0.355 e. The third-order valence-corrected chi connectivity index (χ3v) is 6.62. The van der Waals surface area contributed by atoms with Crippen molar-refractivity contribution in [1.82, 2.24) is 9.55 Å². The van der Waals surface area contributed by atoms with E-state index in [1.807, 2.05) is 6.92 Å². The summed E-state index contributed by atoms with van der Waals surface area (Å²) in [6.07, 6.45) is 0.248. The maximum atomic E-state index is 13.8. The van der Waals surface area contributed by atoms with Crippen molar-refractivity contribution in [2.45, 2.75) is 33.1 Å². The van der Waals surface area contributed by atoms with Gasteiger partial charge < -0.3 is 33.7 Å². The first kappa shape index (κ1) is 28.6. The van der Waals surface area contributed by atoms with Crippen LogP contribution in [0, 0.1) is 6.92 Å². The molecule has 0 amide bonds. The summed E-state index contributed by atoms with van der Waals surface area (Å²) in [5.74, 6) is 0.818. The third kappa shape index (κ3) is 5.63. The minimum Gasteiger partial charge on any atom is -0.496 e. The zero-order valence-corrected chi connectivity index (χ0v) is 22.9. The van der Waals surface area contributed by atoms with Gasteiger partial charge in [0.1, 0.15) is 29.5 Å². The molecule has 0 saturated carbocycles. The van der Waals surface area contributed by atoms with Gasteiger partial charge in [-0.05, 0) is 66.8 Å². The molecular weight excluding hydrogens is 516 g/mol. The van der Waals surface area contributed by atoms with Crippen LogP contribution >= 0.6 is 0 Å². The highest BCUT2D eigenvalue weighted by molar-refractivity contribution is 6.07. The van der Waals surface area contributed by atoms with Crippen LogP contribution in [0.15, 0.2) is 53.3 Å². The lowest BCUT2D eigenvalue weighted by Crippen LogP contribution is -2.28. The minimum atomic E-state index is -0.694. The molecule has 0 atom stereocenters. The van der Waals surface area contributed by atoms with Crippen LogP contribution in [0.1, 0.15) is 33.9 Å². The topological polar surface area (TPSA) is 129 Å². The highest BCUT2D eigenvalue weighted by Gasteiger charge is 2.25. The lowest BCUT2D eigenvalue weighted by Gasteiger charge is -2.20. The van der Waals surface area contributed by atoms with Gasteiger partial charge in [0.25, 0.3) is 5.56 Å². The lowest BCUT2D eigenvalue weighted by molar-refractivity contribution is 0.0587. The molecule has 2 aromatic carbocycles. The van der Waals surface area contributed by atoms with E-state index in [2.05, 4.69) is 4.98 Å². The summed E-state index contributed by atoms with van der Waals surface area (Å²) >= 11 is 0. The van der Waals surface area contributed by atoms with Gasteiger partial charge in [-0.1, -0.05) is 6.07 Å². The molecule has 10 heteroatoms. The number of aliphatic hydroxyl groups excluding tert-OH is 2. The normalized spacial score (nSPS) is 10.9. The van der Waals surface area contributed by atoms with Crippen molar-refractivity contribution < 1.29 is 34.0 Å². The summed E-state index contributed by atoms with van der Waals surface area (Å²) in [5, 5.41) is 19.7. The van der Waals surface area contributed by atoms with E-state index in [0.717, 1.165) is 5.56 Å². The Morgan fingerprint density at radius 1 is 0.950 bits per heavy atom. The Balaban J connectivity index is 1.96. The third-order valence-electron chi connectivity index (χ3n) is 6.62. The minimum absolute atomic E-state index is 0.0556. The first-order valence-electron chi connectivity index (χ1n) is 12.7. The quantitative estimate of drug-likeness (QED) is 0.270. The predicted octanol–water partition coefficient (Wildman–Crippen LogP) is 3.63.